The van der Waals surface area contributed by atoms with Gasteiger partial charge in [0.15, 0.2) is 5.82 Å². The van der Waals surface area contributed by atoms with E-state index in [1.54, 1.807) is 6.07 Å². The molecule has 3 aliphatic heterocycles. The highest BCUT2D eigenvalue weighted by molar-refractivity contribution is 5.91. The van der Waals surface area contributed by atoms with Crippen molar-refractivity contribution in [2.24, 2.45) is 0 Å². The van der Waals surface area contributed by atoms with Crippen LogP contribution in [0, 0.1) is 0 Å². The summed E-state index contributed by atoms with van der Waals surface area (Å²) in [5.41, 5.74) is 2.49. The first-order chi connectivity index (χ1) is 15.6. The first-order valence-corrected chi connectivity index (χ1v) is 11.1. The third-order valence-electron chi connectivity index (χ3n) is 6.55. The molecule has 3 fully saturated rings. The van der Waals surface area contributed by atoms with Crippen molar-refractivity contribution >= 4 is 22.8 Å². The van der Waals surface area contributed by atoms with E-state index in [4.69, 9.17) is 14.7 Å². The normalized spacial score (nSPS) is 23.5. The highest BCUT2D eigenvalue weighted by Gasteiger charge is 2.33. The number of imidazole rings is 1. The van der Waals surface area contributed by atoms with Crippen LogP contribution in [0.2, 0.25) is 0 Å². The maximum Gasteiger partial charge on any atom is 0.295 e. The molecule has 3 aromatic rings. The molecule has 3 saturated heterocycles. The van der Waals surface area contributed by atoms with Crippen LogP contribution < -0.4 is 15.1 Å². The number of aromatic nitrogens is 4. The van der Waals surface area contributed by atoms with Gasteiger partial charge in [-0.1, -0.05) is 12.1 Å². The number of anilines is 2. The number of rotatable bonds is 4. The third kappa shape index (κ3) is 3.57. The summed E-state index contributed by atoms with van der Waals surface area (Å²) in [4.78, 5) is 21.1. The second-order valence-electron chi connectivity index (χ2n) is 8.68. The molecule has 2 N–H and O–H groups in total. The smallest absolute Gasteiger partial charge is 0.295 e. The largest absolute Gasteiger partial charge is 0.378 e. The van der Waals surface area contributed by atoms with Gasteiger partial charge in [0, 0.05) is 49.9 Å². The number of benzene rings is 1. The molecule has 168 valence electrons. The Bertz CT molecular complexity index is 1120. The summed E-state index contributed by atoms with van der Waals surface area (Å²) in [5.74, 6) is 1.19. The van der Waals surface area contributed by atoms with E-state index in [2.05, 4.69) is 25.1 Å². The minimum Gasteiger partial charge on any atom is -0.378 e. The molecule has 0 aliphatic carbocycles. The lowest BCUT2D eigenvalue weighted by Crippen LogP contribution is -2.51. The molecule has 3 aliphatic rings. The lowest BCUT2D eigenvalue weighted by molar-refractivity contribution is 0.122. The maximum atomic E-state index is 13.3. The Morgan fingerprint density at radius 1 is 1.00 bits per heavy atom. The van der Waals surface area contributed by atoms with Gasteiger partial charge in [-0.15, -0.1) is 0 Å². The van der Waals surface area contributed by atoms with E-state index in [0.29, 0.717) is 48.0 Å². The number of H-pyrrole nitrogens is 1. The Kier molecular flexibility index (Phi) is 4.91. The van der Waals surface area contributed by atoms with Crippen molar-refractivity contribution in [1.82, 2.24) is 25.3 Å². The number of piperazine rings is 1. The molecule has 2 bridgehead atoms. The van der Waals surface area contributed by atoms with Crippen molar-refractivity contribution in [1.29, 1.82) is 0 Å². The Morgan fingerprint density at radius 3 is 2.53 bits per heavy atom. The molecule has 2 atom stereocenters. The summed E-state index contributed by atoms with van der Waals surface area (Å²) in [5, 5.41) is 3.65. The van der Waals surface area contributed by atoms with Crippen LogP contribution in [0.15, 0.2) is 24.3 Å². The highest BCUT2D eigenvalue weighted by atomic mass is 19.3. The topological polar surface area (TPSA) is 82.2 Å². The number of nitrogens with one attached hydrogen (secondary N) is 2. The molecule has 0 amide bonds. The van der Waals surface area contributed by atoms with Crippen molar-refractivity contribution in [3.05, 3.63) is 30.1 Å². The molecule has 2 unspecified atom stereocenters. The van der Waals surface area contributed by atoms with Crippen molar-refractivity contribution < 1.29 is 13.5 Å². The average Bonchev–Trinajstić information content (AvgIpc) is 3.42. The number of ether oxygens (including phenoxy) is 1. The van der Waals surface area contributed by atoms with Crippen molar-refractivity contribution in [2.75, 3.05) is 49.2 Å². The van der Waals surface area contributed by atoms with Gasteiger partial charge in [0.1, 0.15) is 5.82 Å². The van der Waals surface area contributed by atoms with E-state index in [0.717, 1.165) is 37.6 Å². The van der Waals surface area contributed by atoms with Gasteiger partial charge in [0.25, 0.3) is 6.43 Å². The Morgan fingerprint density at radius 2 is 1.78 bits per heavy atom. The summed E-state index contributed by atoms with van der Waals surface area (Å²) < 4.78 is 32.1. The number of hydrogen-bond donors (Lipinski definition) is 2. The zero-order chi connectivity index (χ0) is 21.7. The molecule has 10 heteroatoms. The van der Waals surface area contributed by atoms with Crippen LogP contribution in [-0.2, 0) is 4.74 Å². The van der Waals surface area contributed by atoms with Gasteiger partial charge in [-0.25, -0.2) is 18.7 Å². The van der Waals surface area contributed by atoms with E-state index in [1.165, 1.54) is 12.8 Å². The number of alkyl halides is 2. The molecule has 0 spiro atoms. The molecule has 6 rings (SSSR count). The van der Waals surface area contributed by atoms with Gasteiger partial charge in [-0.2, -0.15) is 4.98 Å². The van der Waals surface area contributed by atoms with Crippen LogP contribution >= 0.6 is 0 Å². The molecule has 2 aromatic heterocycles. The van der Waals surface area contributed by atoms with Crippen molar-refractivity contribution in [2.45, 2.75) is 31.4 Å². The zero-order valence-electron chi connectivity index (χ0n) is 17.6. The van der Waals surface area contributed by atoms with Crippen molar-refractivity contribution in [3.63, 3.8) is 0 Å². The first kappa shape index (κ1) is 19.8. The number of fused-ring (bicyclic) bond motifs is 3. The molecular formula is C22H25F2N7O. The predicted octanol–water partition coefficient (Wildman–Crippen LogP) is 2.73. The fraction of sp³-hybridized carbons (Fsp3) is 0.500. The number of aromatic amines is 1. The minimum absolute atomic E-state index is 0.325. The summed E-state index contributed by atoms with van der Waals surface area (Å²) in [6.07, 6.45) is -0.298. The van der Waals surface area contributed by atoms with Crippen molar-refractivity contribution in [3.8, 4) is 11.3 Å². The van der Waals surface area contributed by atoms with Crippen LogP contribution in [0.3, 0.4) is 0 Å². The molecule has 8 nitrogen and oxygen atoms in total. The van der Waals surface area contributed by atoms with Gasteiger partial charge in [0.2, 0.25) is 5.95 Å². The number of hydrogen-bond acceptors (Lipinski definition) is 7. The Labute approximate surface area is 184 Å². The maximum absolute atomic E-state index is 13.3. The number of morpholine rings is 1. The Hall–Kier alpha value is -2.85. The second-order valence-corrected chi connectivity index (χ2v) is 8.68. The van der Waals surface area contributed by atoms with Crippen LogP contribution in [0.25, 0.3) is 22.3 Å². The fourth-order valence-electron chi connectivity index (χ4n) is 4.97. The molecule has 5 heterocycles. The monoisotopic (exact) mass is 441 g/mol. The van der Waals surface area contributed by atoms with Crippen LogP contribution in [0.1, 0.15) is 25.1 Å². The van der Waals surface area contributed by atoms with E-state index >= 15 is 0 Å². The third-order valence-corrected chi connectivity index (χ3v) is 6.55. The SMILES string of the molecule is FC(F)c1nc2c(-c3cc(N4CC5CCC(C4)N5)nc(N4CCOCC4)n3)cccc2[nH]1. The van der Waals surface area contributed by atoms with E-state index in [-0.39, 0.29) is 5.82 Å². The molecule has 32 heavy (non-hydrogen) atoms. The molecule has 0 saturated carbocycles. The van der Waals surface area contributed by atoms with Crippen LogP contribution in [-0.4, -0.2) is 71.4 Å². The van der Waals surface area contributed by atoms with Crippen LogP contribution in [0.4, 0.5) is 20.5 Å². The summed E-state index contributed by atoms with van der Waals surface area (Å²) in [6.45, 7) is 4.51. The summed E-state index contributed by atoms with van der Waals surface area (Å²) in [7, 11) is 0. The van der Waals surface area contributed by atoms with E-state index in [9.17, 15) is 8.78 Å². The van der Waals surface area contributed by atoms with E-state index < -0.39 is 6.43 Å². The van der Waals surface area contributed by atoms with Crippen LogP contribution in [0.5, 0.6) is 0 Å². The van der Waals surface area contributed by atoms with Gasteiger partial charge in [-0.3, -0.25) is 0 Å². The standard InChI is InChI=1S/C22H25F2N7O/c23-20(24)21-26-16-3-1-2-15(19(16)29-21)17-10-18(31-11-13-4-5-14(12-31)25-13)28-22(27-17)30-6-8-32-9-7-30/h1-3,10,13-14,20,25H,4-9,11-12H2,(H,26,29). The van der Waals surface area contributed by atoms with Gasteiger partial charge < -0.3 is 24.8 Å². The summed E-state index contributed by atoms with van der Waals surface area (Å²) in [6, 6.07) is 8.41. The highest BCUT2D eigenvalue weighted by Crippen LogP contribution is 2.33. The number of nitrogens with zero attached hydrogens (tertiary/aromatic N) is 5. The second kappa shape index (κ2) is 7.93. The molecule has 0 radical (unpaired) electrons. The average molecular weight is 441 g/mol. The quantitative estimate of drug-likeness (QED) is 0.644. The number of halogens is 2. The number of para-hydroxylation sites is 1. The first-order valence-electron chi connectivity index (χ1n) is 11.1. The van der Waals surface area contributed by atoms with Gasteiger partial charge >= 0.3 is 0 Å². The lowest BCUT2D eigenvalue weighted by atomic mass is 10.1. The van der Waals surface area contributed by atoms with Gasteiger partial charge in [-0.05, 0) is 18.9 Å². The predicted molar refractivity (Wildman–Crippen MR) is 117 cm³/mol. The molecular weight excluding hydrogens is 416 g/mol. The lowest BCUT2D eigenvalue weighted by Gasteiger charge is -2.35. The fourth-order valence-corrected chi connectivity index (χ4v) is 4.97. The van der Waals surface area contributed by atoms with E-state index in [1.807, 2.05) is 18.2 Å². The Balaban J connectivity index is 1.46. The zero-order valence-corrected chi connectivity index (χ0v) is 17.6. The minimum atomic E-state index is -2.66. The molecule has 1 aromatic carbocycles. The summed E-state index contributed by atoms with van der Waals surface area (Å²) >= 11 is 0. The van der Waals surface area contributed by atoms with Gasteiger partial charge in [0.05, 0.1) is 29.9 Å².